The third-order valence-electron chi connectivity index (χ3n) is 2.65. The lowest BCUT2D eigenvalue weighted by Crippen LogP contribution is -2.26. The van der Waals surface area contributed by atoms with Crippen LogP contribution in [0.2, 0.25) is 0 Å². The quantitative estimate of drug-likeness (QED) is 0.718. The van der Waals surface area contributed by atoms with Gasteiger partial charge in [0.25, 0.3) is 0 Å². The lowest BCUT2D eigenvalue weighted by atomic mass is 10.1. The second-order valence-electron chi connectivity index (χ2n) is 4.13. The predicted molar refractivity (Wildman–Crippen MR) is 77.5 cm³/mol. The van der Waals surface area contributed by atoms with E-state index in [0.29, 0.717) is 23.1 Å². The molecule has 6 nitrogen and oxygen atoms in total. The van der Waals surface area contributed by atoms with Crippen molar-refractivity contribution in [3.8, 4) is 0 Å². The van der Waals surface area contributed by atoms with Crippen molar-refractivity contribution in [2.75, 3.05) is 20.3 Å². The molecule has 112 valence electrons. The number of hydrogen-bond acceptors (Lipinski definition) is 4. The Balaban J connectivity index is 3.07. The van der Waals surface area contributed by atoms with E-state index >= 15 is 0 Å². The van der Waals surface area contributed by atoms with Gasteiger partial charge in [-0.1, -0.05) is 15.9 Å². The summed E-state index contributed by atoms with van der Waals surface area (Å²) in [6.07, 6.45) is 0.536. The molecule has 1 aromatic carbocycles. The highest BCUT2D eigenvalue weighted by molar-refractivity contribution is 9.10. The molecule has 0 spiro atoms. The molecule has 0 radical (unpaired) electrons. The molecule has 0 heterocycles. The maximum absolute atomic E-state index is 12.2. The van der Waals surface area contributed by atoms with Gasteiger partial charge in [-0.05, 0) is 31.0 Å². The van der Waals surface area contributed by atoms with Crippen LogP contribution in [0.3, 0.4) is 0 Å². The Morgan fingerprint density at radius 3 is 2.65 bits per heavy atom. The van der Waals surface area contributed by atoms with Crippen molar-refractivity contribution in [3.63, 3.8) is 0 Å². The molecule has 2 N–H and O–H groups in total. The fourth-order valence-electron chi connectivity index (χ4n) is 1.56. The van der Waals surface area contributed by atoms with Gasteiger partial charge in [-0.3, -0.25) is 0 Å². The van der Waals surface area contributed by atoms with E-state index in [4.69, 9.17) is 9.84 Å². The van der Waals surface area contributed by atoms with Crippen LogP contribution < -0.4 is 4.72 Å². The van der Waals surface area contributed by atoms with E-state index in [1.54, 1.807) is 6.92 Å². The summed E-state index contributed by atoms with van der Waals surface area (Å²) in [6, 6.07) is 2.53. The highest BCUT2D eigenvalue weighted by atomic mass is 79.9. The van der Waals surface area contributed by atoms with Crippen LogP contribution in [0.1, 0.15) is 22.3 Å². The van der Waals surface area contributed by atoms with Crippen LogP contribution in [-0.2, 0) is 14.8 Å². The molecule has 0 aliphatic heterocycles. The van der Waals surface area contributed by atoms with Gasteiger partial charge in [0.05, 0.1) is 10.5 Å². The molecule has 0 saturated heterocycles. The smallest absolute Gasteiger partial charge is 0.335 e. The van der Waals surface area contributed by atoms with E-state index in [9.17, 15) is 13.2 Å². The second kappa shape index (κ2) is 7.16. The Morgan fingerprint density at radius 2 is 2.10 bits per heavy atom. The van der Waals surface area contributed by atoms with Crippen molar-refractivity contribution in [2.45, 2.75) is 18.2 Å². The number of hydrogen-bond donors (Lipinski definition) is 2. The van der Waals surface area contributed by atoms with Crippen LogP contribution in [0.5, 0.6) is 0 Å². The second-order valence-corrected chi connectivity index (χ2v) is 6.72. The zero-order valence-corrected chi connectivity index (χ0v) is 13.5. The average molecular weight is 366 g/mol. The fraction of sp³-hybridized carbons (Fsp3) is 0.417. The molecule has 0 aliphatic rings. The van der Waals surface area contributed by atoms with Gasteiger partial charge in [0.2, 0.25) is 10.0 Å². The molecule has 0 aliphatic carbocycles. The fourth-order valence-corrected chi connectivity index (χ4v) is 3.51. The van der Waals surface area contributed by atoms with E-state index in [0.717, 1.165) is 6.07 Å². The Morgan fingerprint density at radius 1 is 1.45 bits per heavy atom. The minimum atomic E-state index is -3.75. The van der Waals surface area contributed by atoms with Crippen molar-refractivity contribution in [3.05, 3.63) is 27.7 Å². The average Bonchev–Trinajstić information content (AvgIpc) is 2.37. The molecule has 1 aromatic rings. The van der Waals surface area contributed by atoms with Gasteiger partial charge < -0.3 is 9.84 Å². The summed E-state index contributed by atoms with van der Waals surface area (Å²) < 4.78 is 32.1. The van der Waals surface area contributed by atoms with Crippen molar-refractivity contribution in [1.82, 2.24) is 4.72 Å². The molecule has 0 aromatic heterocycles. The first-order chi connectivity index (χ1) is 9.29. The number of ether oxygens (including phenoxy) is 1. The number of nitrogens with one attached hydrogen (secondary N) is 1. The lowest BCUT2D eigenvalue weighted by molar-refractivity contribution is 0.0696. The van der Waals surface area contributed by atoms with Crippen molar-refractivity contribution in [2.24, 2.45) is 0 Å². The molecule has 0 amide bonds. The first-order valence-corrected chi connectivity index (χ1v) is 8.09. The summed E-state index contributed by atoms with van der Waals surface area (Å²) in [5.41, 5.74) is 0.383. The number of aromatic carboxylic acids is 1. The van der Waals surface area contributed by atoms with Crippen LogP contribution in [-0.4, -0.2) is 39.8 Å². The largest absolute Gasteiger partial charge is 0.478 e. The molecule has 0 saturated carbocycles. The molecule has 20 heavy (non-hydrogen) atoms. The zero-order valence-electron chi connectivity index (χ0n) is 11.1. The van der Waals surface area contributed by atoms with Gasteiger partial charge in [-0.25, -0.2) is 17.9 Å². The molecule has 8 heteroatoms. The molecular formula is C12H16BrNO5S. The van der Waals surface area contributed by atoms with E-state index in [-0.39, 0.29) is 17.0 Å². The van der Waals surface area contributed by atoms with Crippen molar-refractivity contribution >= 4 is 31.9 Å². The molecule has 0 atom stereocenters. The Bertz CT molecular complexity index is 600. The highest BCUT2D eigenvalue weighted by Crippen LogP contribution is 2.25. The van der Waals surface area contributed by atoms with Crippen LogP contribution in [0.25, 0.3) is 0 Å². The SMILES string of the molecule is COCCCNS(=O)(=O)c1cc(C(=O)O)cc(Br)c1C. The number of methoxy groups -OCH3 is 1. The van der Waals surface area contributed by atoms with Crippen LogP contribution in [0.15, 0.2) is 21.5 Å². The maximum Gasteiger partial charge on any atom is 0.335 e. The predicted octanol–water partition coefficient (Wildman–Crippen LogP) is 1.77. The van der Waals surface area contributed by atoms with Gasteiger partial charge in [0.15, 0.2) is 0 Å². The standard InChI is InChI=1S/C12H16BrNO5S/c1-8-10(13)6-9(12(15)16)7-11(8)20(17,18)14-4-3-5-19-2/h6-7,14H,3-5H2,1-2H3,(H,15,16). The number of carboxylic acids is 1. The molecule has 1 rings (SSSR count). The van der Waals surface area contributed by atoms with E-state index in [2.05, 4.69) is 20.7 Å². The molecule has 0 fully saturated rings. The summed E-state index contributed by atoms with van der Waals surface area (Å²) in [5.74, 6) is -1.18. The lowest BCUT2D eigenvalue weighted by Gasteiger charge is -2.11. The van der Waals surface area contributed by atoms with Crippen LogP contribution >= 0.6 is 15.9 Å². The third kappa shape index (κ3) is 4.27. The zero-order chi connectivity index (χ0) is 15.3. The Kier molecular flexibility index (Phi) is 6.12. The number of halogens is 1. The van der Waals surface area contributed by atoms with Gasteiger partial charge in [-0.2, -0.15) is 0 Å². The Labute approximate surface area is 126 Å². The van der Waals surface area contributed by atoms with E-state index in [1.165, 1.54) is 13.2 Å². The van der Waals surface area contributed by atoms with Gasteiger partial charge in [0, 0.05) is 24.7 Å². The van der Waals surface area contributed by atoms with Crippen molar-refractivity contribution in [1.29, 1.82) is 0 Å². The number of carbonyl (C=O) groups is 1. The van der Waals surface area contributed by atoms with Crippen LogP contribution in [0.4, 0.5) is 0 Å². The van der Waals surface area contributed by atoms with Gasteiger partial charge in [0.1, 0.15) is 0 Å². The van der Waals surface area contributed by atoms with E-state index in [1.807, 2.05) is 0 Å². The highest BCUT2D eigenvalue weighted by Gasteiger charge is 2.20. The minimum Gasteiger partial charge on any atom is -0.478 e. The topological polar surface area (TPSA) is 92.7 Å². The van der Waals surface area contributed by atoms with Gasteiger partial charge in [-0.15, -0.1) is 0 Å². The number of carboxylic acid groups (broad SMARTS) is 1. The monoisotopic (exact) mass is 365 g/mol. The molecular weight excluding hydrogens is 350 g/mol. The molecule has 0 unspecified atom stereocenters. The summed E-state index contributed by atoms with van der Waals surface area (Å²) in [4.78, 5) is 11.0. The van der Waals surface area contributed by atoms with Crippen LogP contribution in [0, 0.1) is 6.92 Å². The first-order valence-electron chi connectivity index (χ1n) is 5.81. The Hall–Kier alpha value is -0.960. The maximum atomic E-state index is 12.2. The summed E-state index contributed by atoms with van der Waals surface area (Å²) >= 11 is 3.18. The minimum absolute atomic E-state index is 0.0401. The van der Waals surface area contributed by atoms with E-state index < -0.39 is 16.0 Å². The first kappa shape index (κ1) is 17.1. The third-order valence-corrected chi connectivity index (χ3v) is 5.06. The van der Waals surface area contributed by atoms with Gasteiger partial charge >= 0.3 is 5.97 Å². The van der Waals surface area contributed by atoms with Crippen molar-refractivity contribution < 1.29 is 23.1 Å². The number of rotatable bonds is 7. The number of sulfonamides is 1. The normalized spacial score (nSPS) is 11.6. The molecule has 0 bridgehead atoms. The number of benzene rings is 1. The summed E-state index contributed by atoms with van der Waals surface area (Å²) in [5, 5.41) is 8.98. The summed E-state index contributed by atoms with van der Waals surface area (Å²) in [6.45, 7) is 2.28. The summed E-state index contributed by atoms with van der Waals surface area (Å²) in [7, 11) is -2.21.